The lowest BCUT2D eigenvalue weighted by Gasteiger charge is -2.17. The lowest BCUT2D eigenvalue weighted by Crippen LogP contribution is -2.05. The van der Waals surface area contributed by atoms with Crippen LogP contribution in [-0.2, 0) is 27.3 Å². The van der Waals surface area contributed by atoms with Crippen molar-refractivity contribution < 1.29 is 23.7 Å². The predicted octanol–water partition coefficient (Wildman–Crippen LogP) is 3.06. The van der Waals surface area contributed by atoms with E-state index in [1.807, 2.05) is 42.5 Å². The van der Waals surface area contributed by atoms with E-state index in [-0.39, 0.29) is 0 Å². The fraction of sp³-hybridized carbons (Fsp3) is 0.316. The van der Waals surface area contributed by atoms with Gasteiger partial charge in [0, 0.05) is 6.42 Å². The van der Waals surface area contributed by atoms with Crippen molar-refractivity contribution in [3.8, 4) is 11.5 Å². The molecule has 0 aromatic heterocycles. The van der Waals surface area contributed by atoms with Gasteiger partial charge in [-0.05, 0) is 35.4 Å². The highest BCUT2D eigenvalue weighted by atomic mass is 16.7. The first kappa shape index (κ1) is 16.5. The van der Waals surface area contributed by atoms with Gasteiger partial charge < -0.3 is 23.7 Å². The molecule has 24 heavy (non-hydrogen) atoms. The minimum Gasteiger partial charge on any atom is -0.497 e. The number of aldehydes is 1. The second-order valence-corrected chi connectivity index (χ2v) is 5.45. The molecule has 0 amide bonds. The van der Waals surface area contributed by atoms with Crippen LogP contribution in [0.1, 0.15) is 23.0 Å². The number of hydrogen-bond donors (Lipinski definition) is 0. The second-order valence-electron chi connectivity index (χ2n) is 5.45. The van der Waals surface area contributed by atoms with Crippen molar-refractivity contribution in [1.29, 1.82) is 0 Å². The average molecular weight is 328 g/mol. The van der Waals surface area contributed by atoms with Gasteiger partial charge in [-0.3, -0.25) is 0 Å². The number of rotatable bonds is 7. The van der Waals surface area contributed by atoms with Gasteiger partial charge in [0.25, 0.3) is 0 Å². The molecule has 0 spiro atoms. The highest BCUT2D eigenvalue weighted by Crippen LogP contribution is 2.32. The van der Waals surface area contributed by atoms with Crippen LogP contribution in [0.2, 0.25) is 0 Å². The molecule has 1 aliphatic heterocycles. The van der Waals surface area contributed by atoms with Crippen molar-refractivity contribution in [3.05, 3.63) is 59.2 Å². The highest BCUT2D eigenvalue weighted by molar-refractivity contribution is 5.56. The summed E-state index contributed by atoms with van der Waals surface area (Å²) >= 11 is 0. The van der Waals surface area contributed by atoms with Gasteiger partial charge in [-0.1, -0.05) is 18.2 Å². The fourth-order valence-electron chi connectivity index (χ4n) is 2.56. The normalized spacial score (nSPS) is 14.5. The molecule has 5 heteroatoms. The van der Waals surface area contributed by atoms with Crippen molar-refractivity contribution in [2.24, 2.45) is 0 Å². The van der Waals surface area contributed by atoms with Crippen molar-refractivity contribution in [2.45, 2.75) is 19.3 Å². The summed E-state index contributed by atoms with van der Waals surface area (Å²) in [5, 5.41) is 0. The Labute approximate surface area is 141 Å². The van der Waals surface area contributed by atoms with E-state index >= 15 is 0 Å². The number of hydrogen-bond acceptors (Lipinski definition) is 5. The van der Waals surface area contributed by atoms with E-state index in [4.69, 9.17) is 18.9 Å². The summed E-state index contributed by atoms with van der Waals surface area (Å²) in [5.41, 5.74) is 2.77. The largest absolute Gasteiger partial charge is 0.497 e. The molecule has 0 bridgehead atoms. The molecule has 2 aromatic carbocycles. The van der Waals surface area contributed by atoms with Gasteiger partial charge in [0.2, 0.25) is 0 Å². The third-order valence-electron chi connectivity index (χ3n) is 3.82. The Morgan fingerprint density at radius 2 is 1.79 bits per heavy atom. The zero-order valence-electron chi connectivity index (χ0n) is 13.6. The molecule has 0 aliphatic carbocycles. The number of carbonyl (C=O) groups excluding carboxylic acids is 1. The maximum absolute atomic E-state index is 10.8. The van der Waals surface area contributed by atoms with Crippen LogP contribution in [0, 0.1) is 0 Å². The van der Waals surface area contributed by atoms with Gasteiger partial charge in [0.1, 0.15) is 24.4 Å². The monoisotopic (exact) mass is 328 g/mol. The molecule has 1 heterocycles. The first-order valence-electron chi connectivity index (χ1n) is 7.85. The molecule has 3 rings (SSSR count). The Balaban J connectivity index is 1.76. The molecule has 126 valence electrons. The van der Waals surface area contributed by atoms with Gasteiger partial charge in [-0.2, -0.15) is 0 Å². The lowest BCUT2D eigenvalue weighted by molar-refractivity contribution is -0.107. The van der Waals surface area contributed by atoms with E-state index in [1.165, 1.54) is 0 Å². The van der Waals surface area contributed by atoms with Crippen LogP contribution in [0.15, 0.2) is 42.5 Å². The van der Waals surface area contributed by atoms with Crippen molar-refractivity contribution in [1.82, 2.24) is 0 Å². The van der Waals surface area contributed by atoms with Gasteiger partial charge in [-0.15, -0.1) is 0 Å². The van der Waals surface area contributed by atoms with Crippen LogP contribution in [0.3, 0.4) is 0 Å². The summed E-state index contributed by atoms with van der Waals surface area (Å²) in [7, 11) is 1.64. The van der Waals surface area contributed by atoms with E-state index in [9.17, 15) is 4.79 Å². The fourth-order valence-corrected chi connectivity index (χ4v) is 2.56. The van der Waals surface area contributed by atoms with E-state index in [0.29, 0.717) is 32.0 Å². The van der Waals surface area contributed by atoms with Crippen LogP contribution < -0.4 is 9.47 Å². The summed E-state index contributed by atoms with van der Waals surface area (Å²) in [6.45, 7) is 1.54. The van der Waals surface area contributed by atoms with Crippen LogP contribution in [0.5, 0.6) is 11.5 Å². The molecule has 0 radical (unpaired) electrons. The third-order valence-corrected chi connectivity index (χ3v) is 3.82. The molecular formula is C19H20O5. The van der Waals surface area contributed by atoms with Gasteiger partial charge in [-0.25, -0.2) is 0 Å². The summed E-state index contributed by atoms with van der Waals surface area (Å²) in [6, 6.07) is 13.4. The predicted molar refractivity (Wildman–Crippen MR) is 88.2 cm³/mol. The van der Waals surface area contributed by atoms with Gasteiger partial charge >= 0.3 is 0 Å². The van der Waals surface area contributed by atoms with E-state index in [0.717, 1.165) is 28.7 Å². The zero-order chi connectivity index (χ0) is 16.8. The molecule has 0 atom stereocenters. The van der Waals surface area contributed by atoms with Crippen LogP contribution in [0.4, 0.5) is 0 Å². The maximum Gasteiger partial charge on any atom is 0.187 e. The first-order valence-corrected chi connectivity index (χ1v) is 7.85. The summed E-state index contributed by atoms with van der Waals surface area (Å²) in [6.07, 6.45) is 0.800. The molecule has 1 saturated heterocycles. The number of ether oxygens (including phenoxy) is 4. The van der Waals surface area contributed by atoms with Crippen LogP contribution >= 0.6 is 0 Å². The molecule has 1 fully saturated rings. The van der Waals surface area contributed by atoms with Crippen molar-refractivity contribution >= 4 is 6.29 Å². The minimum atomic E-state index is -0.442. The zero-order valence-corrected chi connectivity index (χ0v) is 13.6. The standard InChI is InChI=1S/C19H20O5/c1-21-16-5-2-15(3-6-16)13-24-18-7-4-14(8-9-20)12-17(18)19-22-10-11-23-19/h2-7,9,12,19H,8,10-11,13H2,1H3. The summed E-state index contributed by atoms with van der Waals surface area (Å²) in [4.78, 5) is 10.8. The molecule has 0 unspecified atom stereocenters. The molecule has 0 saturated carbocycles. The van der Waals surface area contributed by atoms with Gasteiger partial charge in [0.15, 0.2) is 6.29 Å². The SMILES string of the molecule is COc1ccc(COc2ccc(CC=O)cc2C2OCCO2)cc1. The Morgan fingerprint density at radius 1 is 1.08 bits per heavy atom. The Bertz CT molecular complexity index is 675. The van der Waals surface area contributed by atoms with Crippen molar-refractivity contribution in [3.63, 3.8) is 0 Å². The lowest BCUT2D eigenvalue weighted by atomic mass is 10.1. The van der Waals surface area contributed by atoms with E-state index < -0.39 is 6.29 Å². The number of benzene rings is 2. The van der Waals surface area contributed by atoms with Crippen molar-refractivity contribution in [2.75, 3.05) is 20.3 Å². The quantitative estimate of drug-likeness (QED) is 0.731. The number of methoxy groups -OCH3 is 1. The third kappa shape index (κ3) is 3.93. The average Bonchev–Trinajstić information content (AvgIpc) is 3.16. The van der Waals surface area contributed by atoms with E-state index in [1.54, 1.807) is 7.11 Å². The second kappa shape index (κ2) is 7.95. The van der Waals surface area contributed by atoms with E-state index in [2.05, 4.69) is 0 Å². The summed E-state index contributed by atoms with van der Waals surface area (Å²) in [5.74, 6) is 1.51. The Hall–Kier alpha value is -2.37. The van der Waals surface area contributed by atoms with Gasteiger partial charge in [0.05, 0.1) is 25.9 Å². The molecule has 5 nitrogen and oxygen atoms in total. The number of carbonyl (C=O) groups is 1. The maximum atomic E-state index is 10.8. The Morgan fingerprint density at radius 3 is 2.46 bits per heavy atom. The smallest absolute Gasteiger partial charge is 0.187 e. The molecule has 2 aromatic rings. The topological polar surface area (TPSA) is 54.0 Å². The molecule has 1 aliphatic rings. The first-order chi connectivity index (χ1) is 11.8. The molecule has 0 N–H and O–H groups in total. The van der Waals surface area contributed by atoms with Crippen LogP contribution in [0.25, 0.3) is 0 Å². The minimum absolute atomic E-state index is 0.360. The summed E-state index contributed by atoms with van der Waals surface area (Å²) < 4.78 is 22.3. The Kier molecular flexibility index (Phi) is 5.46. The highest BCUT2D eigenvalue weighted by Gasteiger charge is 2.22. The van der Waals surface area contributed by atoms with Crippen LogP contribution in [-0.4, -0.2) is 26.6 Å². The molecular weight excluding hydrogens is 308 g/mol.